The Morgan fingerprint density at radius 2 is 2.00 bits per heavy atom. The molecule has 0 aliphatic carbocycles. The van der Waals surface area contributed by atoms with Gasteiger partial charge in [-0.25, -0.2) is 0 Å². The average molecular weight is 471 g/mol. The van der Waals surface area contributed by atoms with Gasteiger partial charge in [-0.3, -0.25) is 4.79 Å². The number of aromatic nitrogens is 1. The molecule has 3 rings (SSSR count). The van der Waals surface area contributed by atoms with Crippen molar-refractivity contribution in [1.29, 1.82) is 0 Å². The summed E-state index contributed by atoms with van der Waals surface area (Å²) >= 11 is 12.9. The van der Waals surface area contributed by atoms with Crippen LogP contribution in [-0.2, 0) is 15.6 Å². The Kier molecular flexibility index (Phi) is 6.82. The topological polar surface area (TPSA) is 66.2 Å². The molecule has 3 N–H and O–H groups in total. The van der Waals surface area contributed by atoms with Crippen molar-refractivity contribution in [2.24, 2.45) is 0 Å². The highest BCUT2D eigenvalue weighted by molar-refractivity contribution is 6.74. The van der Waals surface area contributed by atoms with E-state index in [0.717, 1.165) is 53.8 Å². The molecule has 2 aromatic rings. The smallest absolute Gasteiger partial charge is 0.227 e. The fourth-order valence-corrected chi connectivity index (χ4v) is 5.13. The first-order valence-corrected chi connectivity index (χ1v) is 14.3. The molecule has 0 bridgehead atoms. The number of carbonyl (C=O) groups is 1. The molecular weight excluding hydrogens is 437 g/mol. The van der Waals surface area contributed by atoms with Crippen molar-refractivity contribution in [1.82, 2.24) is 10.3 Å². The van der Waals surface area contributed by atoms with E-state index < -0.39 is 8.32 Å². The Morgan fingerprint density at radius 1 is 1.30 bits per heavy atom. The summed E-state index contributed by atoms with van der Waals surface area (Å²) in [6.07, 6.45) is 1.63. The fraction of sp³-hybridized carbons (Fsp3) is 0.591. The van der Waals surface area contributed by atoms with Crippen LogP contribution in [0.4, 0.5) is 5.69 Å². The minimum Gasteiger partial charge on any atom is -0.417 e. The molecule has 1 aromatic carbocycles. The predicted octanol–water partition coefficient (Wildman–Crippen LogP) is 6.07. The number of hydrogen-bond donors (Lipinski definition) is 3. The molecule has 5 nitrogen and oxygen atoms in total. The molecule has 166 valence electrons. The Balaban J connectivity index is 1.82. The van der Waals surface area contributed by atoms with E-state index >= 15 is 0 Å². The number of benzene rings is 1. The largest absolute Gasteiger partial charge is 0.417 e. The Hall–Kier alpha value is -1.21. The number of rotatable bonds is 6. The molecule has 2 heterocycles. The quantitative estimate of drug-likeness (QED) is 0.354. The predicted molar refractivity (Wildman–Crippen MR) is 130 cm³/mol. The van der Waals surface area contributed by atoms with Crippen LogP contribution >= 0.6 is 23.2 Å². The lowest BCUT2D eigenvalue weighted by Crippen LogP contribution is -2.41. The Labute approximate surface area is 190 Å². The number of nitrogens with one attached hydrogen (secondary N) is 3. The number of carbonyl (C=O) groups excluding carboxylic acids is 1. The molecule has 1 amide bonds. The molecule has 0 unspecified atom stereocenters. The van der Waals surface area contributed by atoms with Gasteiger partial charge < -0.3 is 20.0 Å². The highest BCUT2D eigenvalue weighted by Crippen LogP contribution is 2.42. The third-order valence-corrected chi connectivity index (χ3v) is 11.8. The van der Waals surface area contributed by atoms with E-state index in [2.05, 4.69) is 49.5 Å². The summed E-state index contributed by atoms with van der Waals surface area (Å²) in [5, 5.41) is 8.65. The minimum absolute atomic E-state index is 0.0365. The van der Waals surface area contributed by atoms with Crippen LogP contribution in [0.25, 0.3) is 10.9 Å². The van der Waals surface area contributed by atoms with Gasteiger partial charge in [0.2, 0.25) is 5.91 Å². The normalized spacial score (nSPS) is 17.6. The maximum absolute atomic E-state index is 12.4. The number of H-pyrrole nitrogens is 1. The molecule has 1 aliphatic heterocycles. The number of anilines is 1. The van der Waals surface area contributed by atoms with Crippen LogP contribution in [-0.4, -0.2) is 38.9 Å². The van der Waals surface area contributed by atoms with Gasteiger partial charge >= 0.3 is 0 Å². The first kappa shape index (κ1) is 23.5. The molecule has 1 atom stereocenters. The maximum Gasteiger partial charge on any atom is 0.227 e. The second kappa shape index (κ2) is 8.73. The van der Waals surface area contributed by atoms with E-state index in [1.54, 1.807) is 0 Å². The van der Waals surface area contributed by atoms with Gasteiger partial charge in [0.15, 0.2) is 8.32 Å². The van der Waals surface area contributed by atoms with Crippen LogP contribution in [0.3, 0.4) is 0 Å². The van der Waals surface area contributed by atoms with Crippen molar-refractivity contribution in [2.45, 2.75) is 64.6 Å². The third kappa shape index (κ3) is 4.52. The van der Waals surface area contributed by atoms with E-state index in [1.807, 2.05) is 13.0 Å². The van der Waals surface area contributed by atoms with Crippen molar-refractivity contribution >= 4 is 54.0 Å². The lowest BCUT2D eigenvalue weighted by molar-refractivity contribution is -0.121. The van der Waals surface area contributed by atoms with Crippen molar-refractivity contribution in [3.8, 4) is 0 Å². The first-order valence-electron chi connectivity index (χ1n) is 10.6. The molecule has 0 spiro atoms. The zero-order chi connectivity index (χ0) is 22.3. The lowest BCUT2D eigenvalue weighted by Gasteiger charge is -2.36. The van der Waals surface area contributed by atoms with Crippen LogP contribution < -0.4 is 10.6 Å². The molecule has 0 saturated carbocycles. The summed E-state index contributed by atoms with van der Waals surface area (Å²) in [6, 6.07) is 1.87. The van der Waals surface area contributed by atoms with Crippen LogP contribution in [0, 0.1) is 0 Å². The lowest BCUT2D eigenvalue weighted by atomic mass is 9.96. The van der Waals surface area contributed by atoms with Crippen LogP contribution in [0.1, 0.15) is 51.3 Å². The molecule has 1 aliphatic rings. The average Bonchev–Trinajstić information content (AvgIpc) is 2.97. The summed E-state index contributed by atoms with van der Waals surface area (Å²) in [7, 11) is -1.74. The fourth-order valence-electron chi connectivity index (χ4n) is 3.64. The standard InChI is InChI=1S/C22H33Cl2N3O2Si/c1-13-17-15(8-10-26-21(13)28)27-20-18(17)16(12-14(23)19(20)24)25-9-7-11-29-30(5,6)22(2,3)4/h12-13,25,27H,7-11H2,1-6H3,(H,26,28)/t13-/m1/s1. The van der Waals surface area contributed by atoms with E-state index in [0.29, 0.717) is 16.6 Å². The monoisotopic (exact) mass is 469 g/mol. The van der Waals surface area contributed by atoms with Crippen LogP contribution in [0.15, 0.2) is 6.07 Å². The summed E-state index contributed by atoms with van der Waals surface area (Å²) in [5.41, 5.74) is 3.77. The Morgan fingerprint density at radius 3 is 2.67 bits per heavy atom. The second-order valence-electron chi connectivity index (χ2n) is 9.64. The van der Waals surface area contributed by atoms with Gasteiger partial charge in [0.1, 0.15) is 0 Å². The summed E-state index contributed by atoms with van der Waals surface area (Å²) in [4.78, 5) is 15.9. The van der Waals surface area contributed by atoms with E-state index in [-0.39, 0.29) is 16.9 Å². The van der Waals surface area contributed by atoms with Crippen molar-refractivity contribution in [3.05, 3.63) is 27.4 Å². The molecule has 1 aromatic heterocycles. The summed E-state index contributed by atoms with van der Waals surface area (Å²) in [5.74, 6) is -0.217. The molecule has 0 radical (unpaired) electrons. The maximum atomic E-state index is 12.4. The van der Waals surface area contributed by atoms with Crippen molar-refractivity contribution in [2.75, 3.05) is 25.0 Å². The summed E-state index contributed by atoms with van der Waals surface area (Å²) in [6.45, 7) is 15.3. The van der Waals surface area contributed by atoms with Gasteiger partial charge in [0.05, 0.1) is 21.5 Å². The van der Waals surface area contributed by atoms with Crippen LogP contribution in [0.2, 0.25) is 28.2 Å². The third-order valence-electron chi connectivity index (χ3n) is 6.50. The highest BCUT2D eigenvalue weighted by Gasteiger charge is 2.36. The van der Waals surface area contributed by atoms with Crippen molar-refractivity contribution < 1.29 is 9.22 Å². The van der Waals surface area contributed by atoms with E-state index in [1.165, 1.54) is 0 Å². The Bertz CT molecular complexity index is 950. The minimum atomic E-state index is -1.74. The molecule has 30 heavy (non-hydrogen) atoms. The molecule has 0 saturated heterocycles. The zero-order valence-corrected chi connectivity index (χ0v) is 21.3. The van der Waals surface area contributed by atoms with E-state index in [4.69, 9.17) is 27.6 Å². The number of aromatic amines is 1. The first-order chi connectivity index (χ1) is 13.9. The molecule has 0 fully saturated rings. The van der Waals surface area contributed by atoms with Gasteiger partial charge in [0, 0.05) is 42.9 Å². The number of halogens is 2. The van der Waals surface area contributed by atoms with Gasteiger partial charge in [-0.1, -0.05) is 44.0 Å². The number of fused-ring (bicyclic) bond motifs is 3. The molecular formula is C22H33Cl2N3O2Si. The molecule has 8 heteroatoms. The van der Waals surface area contributed by atoms with Gasteiger partial charge in [0.25, 0.3) is 0 Å². The van der Waals surface area contributed by atoms with Crippen LogP contribution in [0.5, 0.6) is 0 Å². The number of hydrogen-bond acceptors (Lipinski definition) is 3. The van der Waals surface area contributed by atoms with Gasteiger partial charge in [-0.05, 0) is 43.1 Å². The second-order valence-corrected chi connectivity index (χ2v) is 15.2. The van der Waals surface area contributed by atoms with Gasteiger partial charge in [-0.2, -0.15) is 0 Å². The number of amides is 1. The van der Waals surface area contributed by atoms with Crippen molar-refractivity contribution in [3.63, 3.8) is 0 Å². The highest BCUT2D eigenvalue weighted by atomic mass is 35.5. The van der Waals surface area contributed by atoms with E-state index in [9.17, 15) is 4.79 Å². The summed E-state index contributed by atoms with van der Waals surface area (Å²) < 4.78 is 6.28. The zero-order valence-electron chi connectivity index (χ0n) is 18.8. The SMILES string of the molecule is C[C@H]1C(=O)NCCc2[nH]c3c(Cl)c(Cl)cc(NCCCO[Si](C)(C)C(C)(C)C)c3c21. The van der Waals surface area contributed by atoms with Gasteiger partial charge in [-0.15, -0.1) is 0 Å².